The largest absolute Gasteiger partial charge is 0.353 e. The second-order valence-corrected chi connectivity index (χ2v) is 6.43. The van der Waals surface area contributed by atoms with Gasteiger partial charge < -0.3 is 15.1 Å². The van der Waals surface area contributed by atoms with E-state index in [0.29, 0.717) is 47.1 Å². The average molecular weight is 387 g/mol. The van der Waals surface area contributed by atoms with Crippen molar-refractivity contribution in [2.75, 3.05) is 36.4 Å². The Balaban J connectivity index is 1.58. The third-order valence-electron chi connectivity index (χ3n) is 3.68. The van der Waals surface area contributed by atoms with Crippen molar-refractivity contribution in [1.82, 2.24) is 14.9 Å². The van der Waals surface area contributed by atoms with Crippen LogP contribution in [0.3, 0.4) is 0 Å². The molecule has 1 N–H and O–H groups in total. The summed E-state index contributed by atoms with van der Waals surface area (Å²) in [6.07, 6.45) is 1.43. The quantitative estimate of drug-likeness (QED) is 0.798. The summed E-state index contributed by atoms with van der Waals surface area (Å²) in [6.45, 7) is 2.49. The molecule has 24 heavy (non-hydrogen) atoms. The highest BCUT2D eigenvalue weighted by molar-refractivity contribution is 6.42. The van der Waals surface area contributed by atoms with E-state index in [4.69, 9.17) is 34.8 Å². The van der Waals surface area contributed by atoms with Gasteiger partial charge in [0.25, 0.3) is 0 Å². The van der Waals surface area contributed by atoms with Crippen LogP contribution in [0, 0.1) is 0 Å². The van der Waals surface area contributed by atoms with E-state index in [0.717, 1.165) is 5.82 Å². The number of carbonyl (C=O) groups is 1. The number of hydrogen-bond donors (Lipinski definition) is 1. The summed E-state index contributed by atoms with van der Waals surface area (Å²) < 4.78 is 0. The summed E-state index contributed by atoms with van der Waals surface area (Å²) in [6, 6.07) is 6.53. The number of halogens is 3. The molecule has 0 spiro atoms. The highest BCUT2D eigenvalue weighted by Gasteiger charge is 2.22. The fourth-order valence-electron chi connectivity index (χ4n) is 2.41. The Morgan fingerprint density at radius 3 is 2.42 bits per heavy atom. The lowest BCUT2D eigenvalue weighted by atomic mass is 10.3. The van der Waals surface area contributed by atoms with Gasteiger partial charge in [0.2, 0.25) is 0 Å². The molecule has 126 valence electrons. The number of benzene rings is 1. The zero-order valence-corrected chi connectivity index (χ0v) is 14.8. The van der Waals surface area contributed by atoms with E-state index in [1.807, 2.05) is 0 Å². The average Bonchev–Trinajstić information content (AvgIpc) is 2.58. The van der Waals surface area contributed by atoms with Gasteiger partial charge in [0.15, 0.2) is 0 Å². The Morgan fingerprint density at radius 1 is 1.00 bits per heavy atom. The molecule has 1 aliphatic rings. The van der Waals surface area contributed by atoms with Crippen LogP contribution in [0.15, 0.2) is 30.6 Å². The summed E-state index contributed by atoms with van der Waals surface area (Å²) in [7, 11) is 0. The summed E-state index contributed by atoms with van der Waals surface area (Å²) in [5.74, 6) is 0.763. The SMILES string of the molecule is O=C(Nc1ccc(Cl)c(Cl)c1)N1CCN(c2cc(Cl)ncn2)CC1. The topological polar surface area (TPSA) is 61.4 Å². The Kier molecular flexibility index (Phi) is 5.28. The molecule has 1 aromatic carbocycles. The van der Waals surface area contributed by atoms with E-state index in [-0.39, 0.29) is 6.03 Å². The number of aromatic nitrogens is 2. The van der Waals surface area contributed by atoms with Crippen molar-refractivity contribution in [3.63, 3.8) is 0 Å². The number of anilines is 2. The number of nitrogens with zero attached hydrogens (tertiary/aromatic N) is 4. The van der Waals surface area contributed by atoms with Gasteiger partial charge in [-0.1, -0.05) is 34.8 Å². The first-order chi connectivity index (χ1) is 11.5. The fraction of sp³-hybridized carbons (Fsp3) is 0.267. The molecule has 0 radical (unpaired) electrons. The monoisotopic (exact) mass is 385 g/mol. The maximum Gasteiger partial charge on any atom is 0.321 e. The molecule has 0 bridgehead atoms. The molecule has 9 heteroatoms. The molecule has 3 rings (SSSR count). The van der Waals surface area contributed by atoms with Crippen molar-refractivity contribution in [3.8, 4) is 0 Å². The Hall–Kier alpha value is -1.76. The van der Waals surface area contributed by atoms with Crippen molar-refractivity contribution in [3.05, 3.63) is 45.8 Å². The number of amides is 2. The normalized spacial score (nSPS) is 14.6. The Labute approximate surface area is 154 Å². The number of nitrogens with one attached hydrogen (secondary N) is 1. The molecule has 0 aliphatic carbocycles. The fourth-order valence-corrected chi connectivity index (χ4v) is 2.85. The third-order valence-corrected chi connectivity index (χ3v) is 4.63. The molecule has 0 saturated carbocycles. The first-order valence-electron chi connectivity index (χ1n) is 7.26. The van der Waals surface area contributed by atoms with E-state index in [1.54, 1.807) is 29.2 Å². The number of rotatable bonds is 2. The molecule has 2 heterocycles. The lowest BCUT2D eigenvalue weighted by Gasteiger charge is -2.35. The summed E-state index contributed by atoms with van der Waals surface area (Å²) in [5.41, 5.74) is 0.611. The van der Waals surface area contributed by atoms with Crippen molar-refractivity contribution in [1.29, 1.82) is 0 Å². The van der Waals surface area contributed by atoms with E-state index in [9.17, 15) is 4.79 Å². The van der Waals surface area contributed by atoms with Crippen molar-refractivity contribution < 1.29 is 4.79 Å². The van der Waals surface area contributed by atoms with Crippen LogP contribution in [-0.2, 0) is 0 Å². The molecule has 1 fully saturated rings. The maximum absolute atomic E-state index is 12.3. The van der Waals surface area contributed by atoms with Crippen molar-refractivity contribution >= 4 is 52.3 Å². The van der Waals surface area contributed by atoms with Crippen LogP contribution in [-0.4, -0.2) is 47.1 Å². The molecular weight excluding hydrogens is 373 g/mol. The summed E-state index contributed by atoms with van der Waals surface area (Å²) in [4.78, 5) is 24.2. The molecular formula is C15H14Cl3N5O. The minimum absolute atomic E-state index is 0.172. The Bertz CT molecular complexity index is 750. The van der Waals surface area contributed by atoms with Gasteiger partial charge in [0, 0.05) is 37.9 Å². The molecule has 1 aliphatic heterocycles. The summed E-state index contributed by atoms with van der Waals surface area (Å²) in [5, 5.41) is 4.08. The van der Waals surface area contributed by atoms with Gasteiger partial charge in [0.05, 0.1) is 10.0 Å². The van der Waals surface area contributed by atoms with Gasteiger partial charge in [-0.15, -0.1) is 0 Å². The second-order valence-electron chi connectivity index (χ2n) is 5.23. The first kappa shape index (κ1) is 17.1. The van der Waals surface area contributed by atoms with Gasteiger partial charge >= 0.3 is 6.03 Å². The van der Waals surface area contributed by atoms with E-state index < -0.39 is 0 Å². The van der Waals surface area contributed by atoms with Gasteiger partial charge in [-0.05, 0) is 18.2 Å². The number of urea groups is 1. The van der Waals surface area contributed by atoms with E-state index >= 15 is 0 Å². The molecule has 0 unspecified atom stereocenters. The van der Waals surface area contributed by atoms with Gasteiger partial charge in [-0.25, -0.2) is 14.8 Å². The van der Waals surface area contributed by atoms with Gasteiger partial charge in [-0.3, -0.25) is 0 Å². The lowest BCUT2D eigenvalue weighted by molar-refractivity contribution is 0.208. The number of carbonyl (C=O) groups excluding carboxylic acids is 1. The predicted molar refractivity (Wildman–Crippen MR) is 96.3 cm³/mol. The van der Waals surface area contributed by atoms with Crippen LogP contribution in [0.1, 0.15) is 0 Å². The Morgan fingerprint density at radius 2 is 1.75 bits per heavy atom. The molecule has 1 saturated heterocycles. The van der Waals surface area contributed by atoms with Crippen LogP contribution >= 0.6 is 34.8 Å². The summed E-state index contributed by atoms with van der Waals surface area (Å²) >= 11 is 17.7. The second kappa shape index (κ2) is 7.42. The number of piperazine rings is 1. The van der Waals surface area contributed by atoms with Crippen LogP contribution in [0.5, 0.6) is 0 Å². The zero-order valence-electron chi connectivity index (χ0n) is 12.5. The molecule has 6 nitrogen and oxygen atoms in total. The highest BCUT2D eigenvalue weighted by atomic mass is 35.5. The molecule has 2 aromatic rings. The van der Waals surface area contributed by atoms with Gasteiger partial charge in [0.1, 0.15) is 17.3 Å². The molecule has 2 amide bonds. The maximum atomic E-state index is 12.3. The van der Waals surface area contributed by atoms with Crippen molar-refractivity contribution in [2.45, 2.75) is 0 Å². The standard InChI is InChI=1S/C15H14Cl3N5O/c16-11-2-1-10(7-12(11)17)21-15(24)23-5-3-22(4-6-23)14-8-13(18)19-9-20-14/h1-2,7-9H,3-6H2,(H,21,24). The van der Waals surface area contributed by atoms with Crippen LogP contribution < -0.4 is 10.2 Å². The smallest absolute Gasteiger partial charge is 0.321 e. The first-order valence-corrected chi connectivity index (χ1v) is 8.40. The van der Waals surface area contributed by atoms with Crippen LogP contribution in [0.4, 0.5) is 16.3 Å². The molecule has 1 aromatic heterocycles. The third kappa shape index (κ3) is 4.01. The lowest BCUT2D eigenvalue weighted by Crippen LogP contribution is -2.50. The zero-order chi connectivity index (χ0) is 17.1. The van der Waals surface area contributed by atoms with Crippen LogP contribution in [0.25, 0.3) is 0 Å². The van der Waals surface area contributed by atoms with E-state index in [2.05, 4.69) is 20.2 Å². The predicted octanol–water partition coefficient (Wildman–Crippen LogP) is 3.79. The minimum atomic E-state index is -0.172. The minimum Gasteiger partial charge on any atom is -0.353 e. The number of hydrogen-bond acceptors (Lipinski definition) is 4. The molecule has 0 atom stereocenters. The van der Waals surface area contributed by atoms with Crippen LogP contribution in [0.2, 0.25) is 15.2 Å². The van der Waals surface area contributed by atoms with Gasteiger partial charge in [-0.2, -0.15) is 0 Å². The van der Waals surface area contributed by atoms with E-state index in [1.165, 1.54) is 6.33 Å². The highest BCUT2D eigenvalue weighted by Crippen LogP contribution is 2.25. The van der Waals surface area contributed by atoms with Crippen molar-refractivity contribution in [2.24, 2.45) is 0 Å².